The highest BCUT2D eigenvalue weighted by Gasteiger charge is 2.32. The summed E-state index contributed by atoms with van der Waals surface area (Å²) in [6.07, 6.45) is 9.84. The molecule has 0 radical (unpaired) electrons. The minimum Gasteiger partial charge on any atom is -0.307 e. The van der Waals surface area contributed by atoms with Gasteiger partial charge in [-0.2, -0.15) is 5.26 Å². The molecule has 1 saturated heterocycles. The second kappa shape index (κ2) is 12.0. The molecule has 7 aromatic carbocycles. The van der Waals surface area contributed by atoms with Crippen molar-refractivity contribution in [3.63, 3.8) is 0 Å². The molecule has 3 heterocycles. The monoisotopic (exact) mass is 716 g/mol. The molecule has 1 N–H and O–H groups in total. The van der Waals surface area contributed by atoms with Gasteiger partial charge in [-0.15, -0.1) is 0 Å². The lowest BCUT2D eigenvalue weighted by Gasteiger charge is -2.20. The van der Waals surface area contributed by atoms with E-state index in [1.807, 2.05) is 24.3 Å². The first-order valence-electron chi connectivity index (χ1n) is 19.3. The molecule has 2 aliphatic carbocycles. The van der Waals surface area contributed by atoms with Crippen LogP contribution in [0.2, 0.25) is 0 Å². The van der Waals surface area contributed by atoms with Crippen molar-refractivity contribution in [2.45, 2.75) is 24.3 Å². The largest absolute Gasteiger partial charge is 0.307 e. The summed E-state index contributed by atoms with van der Waals surface area (Å²) in [5.74, 6) is 0.304. The number of hydrogen-bond donors (Lipinski definition) is 1. The summed E-state index contributed by atoms with van der Waals surface area (Å²) >= 11 is 0. The molecule has 3 aliphatic rings. The molecule has 9 aromatic rings. The summed E-state index contributed by atoms with van der Waals surface area (Å²) in [6.45, 7) is 0.993. The molecular formula is C50H32N6. The molecule has 2 bridgehead atoms. The van der Waals surface area contributed by atoms with E-state index in [2.05, 4.69) is 133 Å². The number of nitriles is 1. The maximum Gasteiger partial charge on any atom is 0.100 e. The Morgan fingerprint density at radius 3 is 1.70 bits per heavy atom. The summed E-state index contributed by atoms with van der Waals surface area (Å²) in [7, 11) is 0. The number of allylic oxidation sites excluding steroid dienone is 4. The van der Waals surface area contributed by atoms with Gasteiger partial charge in [-0.25, -0.2) is 19.9 Å². The standard InChI is InChI=1S/C50H32N6/c51-26-28-17-19-30(20-18-28)41-48-47(53-43-33-10-2-1-9-32(25-33)34-11-3-6-14-37(34)44(43)54-48)42(31-23-21-29(22-24-31)40-27-52-40)50-49(41)55-45-38-15-7-4-12-35(38)36-13-5-8-16-39(36)46(45)56-50/h1-24,32-33,40,52H,25,27H2. The lowest BCUT2D eigenvalue weighted by atomic mass is 9.90. The van der Waals surface area contributed by atoms with Gasteiger partial charge in [0.15, 0.2) is 0 Å². The smallest absolute Gasteiger partial charge is 0.100 e. The maximum absolute atomic E-state index is 9.81. The molecule has 262 valence electrons. The summed E-state index contributed by atoms with van der Waals surface area (Å²) in [6, 6.07) is 45.0. The van der Waals surface area contributed by atoms with Crippen molar-refractivity contribution in [1.29, 1.82) is 5.26 Å². The molecule has 3 unspecified atom stereocenters. The van der Waals surface area contributed by atoms with Crippen molar-refractivity contribution < 1.29 is 0 Å². The van der Waals surface area contributed by atoms with Crippen LogP contribution in [0, 0.1) is 11.3 Å². The fourth-order valence-corrected chi connectivity index (χ4v) is 9.22. The topological polar surface area (TPSA) is 97.3 Å². The molecule has 0 saturated carbocycles. The van der Waals surface area contributed by atoms with Crippen LogP contribution in [-0.2, 0) is 0 Å². The summed E-state index contributed by atoms with van der Waals surface area (Å²) in [4.78, 5) is 22.9. The van der Waals surface area contributed by atoms with Crippen LogP contribution < -0.4 is 5.32 Å². The molecule has 1 aliphatic heterocycles. The van der Waals surface area contributed by atoms with Crippen LogP contribution in [0.1, 0.15) is 46.7 Å². The van der Waals surface area contributed by atoms with Crippen LogP contribution in [0.3, 0.4) is 0 Å². The second-order valence-corrected chi connectivity index (χ2v) is 15.2. The van der Waals surface area contributed by atoms with Gasteiger partial charge < -0.3 is 5.32 Å². The van der Waals surface area contributed by atoms with Gasteiger partial charge >= 0.3 is 0 Å². The Balaban J connectivity index is 1.30. The Labute approximate surface area is 322 Å². The van der Waals surface area contributed by atoms with Gasteiger partial charge in [0.05, 0.1) is 39.6 Å². The van der Waals surface area contributed by atoms with Gasteiger partial charge in [-0.3, -0.25) is 0 Å². The van der Waals surface area contributed by atoms with Gasteiger partial charge in [-0.05, 0) is 51.6 Å². The van der Waals surface area contributed by atoms with Crippen molar-refractivity contribution in [2.24, 2.45) is 0 Å². The molecule has 6 nitrogen and oxygen atoms in total. The fraction of sp³-hybridized carbons (Fsp3) is 0.100. The molecular weight excluding hydrogens is 685 g/mol. The van der Waals surface area contributed by atoms with Gasteiger partial charge in [-0.1, -0.05) is 133 Å². The molecule has 3 atom stereocenters. The molecule has 56 heavy (non-hydrogen) atoms. The predicted octanol–water partition coefficient (Wildman–Crippen LogP) is 11.2. The minimum absolute atomic E-state index is 0.0671. The van der Waals surface area contributed by atoms with Gasteiger partial charge in [0, 0.05) is 51.9 Å². The van der Waals surface area contributed by atoms with E-state index in [4.69, 9.17) is 19.9 Å². The quantitative estimate of drug-likeness (QED) is 0.111. The molecule has 12 rings (SSSR count). The van der Waals surface area contributed by atoms with Crippen LogP contribution >= 0.6 is 0 Å². The van der Waals surface area contributed by atoms with Gasteiger partial charge in [0.25, 0.3) is 0 Å². The molecule has 0 amide bonds. The summed E-state index contributed by atoms with van der Waals surface area (Å²) in [5.41, 5.74) is 14.6. The SMILES string of the molecule is N#Cc1ccc(-c2c3nc4c(nc3c(-c3ccc(C5CN5)cc3)c3nc5c6ccccc6c6ccccc6c5nc23)C2C=CC=CC(C2)c2ccccc2-4)cc1. The third-order valence-corrected chi connectivity index (χ3v) is 12.0. The summed E-state index contributed by atoms with van der Waals surface area (Å²) < 4.78 is 0. The molecule has 0 spiro atoms. The van der Waals surface area contributed by atoms with E-state index < -0.39 is 0 Å². The van der Waals surface area contributed by atoms with E-state index in [1.165, 1.54) is 11.1 Å². The maximum atomic E-state index is 9.81. The van der Waals surface area contributed by atoms with Crippen LogP contribution in [-0.4, -0.2) is 26.5 Å². The average molecular weight is 717 g/mol. The van der Waals surface area contributed by atoms with Crippen molar-refractivity contribution >= 4 is 54.6 Å². The Morgan fingerprint density at radius 2 is 1.07 bits per heavy atom. The van der Waals surface area contributed by atoms with E-state index in [0.29, 0.717) is 11.6 Å². The molecule has 2 aromatic heterocycles. The normalized spacial score (nSPS) is 18.2. The number of nitrogens with zero attached hydrogens (tertiary/aromatic N) is 5. The molecule has 1 fully saturated rings. The number of fused-ring (bicyclic) bond motifs is 15. The third kappa shape index (κ3) is 4.65. The van der Waals surface area contributed by atoms with E-state index in [0.717, 1.165) is 107 Å². The number of hydrogen-bond acceptors (Lipinski definition) is 6. The lowest BCUT2D eigenvalue weighted by molar-refractivity contribution is 0.676. The highest BCUT2D eigenvalue weighted by atomic mass is 15.1. The minimum atomic E-state index is 0.0671. The first kappa shape index (κ1) is 31.3. The van der Waals surface area contributed by atoms with E-state index in [9.17, 15) is 5.26 Å². The Morgan fingerprint density at radius 1 is 0.536 bits per heavy atom. The van der Waals surface area contributed by atoms with Crippen LogP contribution in [0.25, 0.3) is 88.2 Å². The zero-order chi connectivity index (χ0) is 36.9. The predicted molar refractivity (Wildman–Crippen MR) is 225 cm³/mol. The first-order valence-corrected chi connectivity index (χ1v) is 19.3. The highest BCUT2D eigenvalue weighted by Crippen LogP contribution is 2.49. The fourth-order valence-electron chi connectivity index (χ4n) is 9.22. The van der Waals surface area contributed by atoms with Crippen molar-refractivity contribution in [3.05, 3.63) is 168 Å². The second-order valence-electron chi connectivity index (χ2n) is 15.2. The zero-order valence-corrected chi connectivity index (χ0v) is 30.2. The van der Waals surface area contributed by atoms with Crippen LogP contribution in [0.5, 0.6) is 0 Å². The van der Waals surface area contributed by atoms with Gasteiger partial charge in [0.2, 0.25) is 0 Å². The van der Waals surface area contributed by atoms with Crippen molar-refractivity contribution in [2.75, 3.05) is 6.54 Å². The average Bonchev–Trinajstić information content (AvgIpc) is 4.14. The third-order valence-electron chi connectivity index (χ3n) is 12.0. The van der Waals surface area contributed by atoms with E-state index in [-0.39, 0.29) is 11.8 Å². The number of rotatable bonds is 3. The van der Waals surface area contributed by atoms with Crippen molar-refractivity contribution in [3.8, 4) is 39.6 Å². The Bertz CT molecular complexity index is 3240. The van der Waals surface area contributed by atoms with E-state index >= 15 is 0 Å². The summed E-state index contributed by atoms with van der Waals surface area (Å²) in [5, 5.41) is 17.7. The Kier molecular flexibility index (Phi) is 6.69. The van der Waals surface area contributed by atoms with Gasteiger partial charge in [0.1, 0.15) is 16.6 Å². The van der Waals surface area contributed by atoms with Crippen LogP contribution in [0.4, 0.5) is 0 Å². The van der Waals surface area contributed by atoms with Crippen molar-refractivity contribution in [1.82, 2.24) is 25.3 Å². The zero-order valence-electron chi connectivity index (χ0n) is 30.2. The highest BCUT2D eigenvalue weighted by molar-refractivity contribution is 6.26. The number of benzene rings is 7. The lowest BCUT2D eigenvalue weighted by Crippen LogP contribution is -2.06. The molecule has 6 heteroatoms. The number of aromatic nitrogens is 4. The first-order chi connectivity index (χ1) is 27.7. The Hall–Kier alpha value is -7.07. The number of nitrogens with one attached hydrogen (secondary N) is 1. The van der Waals surface area contributed by atoms with Crippen LogP contribution in [0.15, 0.2) is 146 Å². The van der Waals surface area contributed by atoms with E-state index in [1.54, 1.807) is 0 Å².